The van der Waals surface area contributed by atoms with Crippen LogP contribution >= 0.6 is 0 Å². The van der Waals surface area contributed by atoms with Crippen LogP contribution in [0.15, 0.2) is 72.8 Å². The van der Waals surface area contributed by atoms with Crippen molar-refractivity contribution < 1.29 is 0 Å². The third-order valence-corrected chi connectivity index (χ3v) is 5.78. The highest BCUT2D eigenvalue weighted by Gasteiger charge is 2.27. The molecule has 0 unspecified atom stereocenters. The first-order chi connectivity index (χ1) is 12.8. The van der Waals surface area contributed by atoms with Crippen molar-refractivity contribution in [3.63, 3.8) is 0 Å². The van der Waals surface area contributed by atoms with Gasteiger partial charge >= 0.3 is 0 Å². The van der Waals surface area contributed by atoms with Crippen molar-refractivity contribution in [3.8, 4) is 33.4 Å². The quantitative estimate of drug-likeness (QED) is 0.325. The Kier molecular flexibility index (Phi) is 3.46. The Hall–Kier alpha value is -2.86. The fourth-order valence-electron chi connectivity index (χ4n) is 4.66. The second-order valence-electron chi connectivity index (χ2n) is 7.09. The molecule has 0 bridgehead atoms. The zero-order chi connectivity index (χ0) is 17.7. The zero-order valence-corrected chi connectivity index (χ0v) is 15.3. The van der Waals surface area contributed by atoms with Crippen molar-refractivity contribution in [1.29, 1.82) is 0 Å². The van der Waals surface area contributed by atoms with Crippen LogP contribution in [-0.4, -0.2) is 0 Å². The molecular weight excluding hydrogens is 312 g/mol. The summed E-state index contributed by atoms with van der Waals surface area (Å²) < 4.78 is 0. The van der Waals surface area contributed by atoms with Crippen LogP contribution in [0.3, 0.4) is 0 Å². The molecule has 0 N–H and O–H groups in total. The molecule has 0 nitrogen and oxygen atoms in total. The lowest BCUT2D eigenvalue weighted by Crippen LogP contribution is -1.97. The number of fused-ring (bicyclic) bond motifs is 3. The van der Waals surface area contributed by atoms with Crippen LogP contribution in [0.25, 0.3) is 44.2 Å². The van der Waals surface area contributed by atoms with Gasteiger partial charge in [0.1, 0.15) is 0 Å². The first-order valence-electron chi connectivity index (χ1n) is 9.60. The molecule has 26 heavy (non-hydrogen) atoms. The molecule has 0 aromatic heterocycles. The minimum atomic E-state index is 1.04. The molecule has 4 aromatic carbocycles. The van der Waals surface area contributed by atoms with Crippen LogP contribution in [0.5, 0.6) is 0 Å². The summed E-state index contributed by atoms with van der Waals surface area (Å²) in [6.45, 7) is 4.57. The van der Waals surface area contributed by atoms with Crippen molar-refractivity contribution >= 4 is 10.8 Å². The van der Waals surface area contributed by atoms with E-state index in [0.717, 1.165) is 12.8 Å². The van der Waals surface area contributed by atoms with Gasteiger partial charge in [0.25, 0.3) is 0 Å². The number of hydrogen-bond donors (Lipinski definition) is 0. The number of rotatable bonds is 3. The largest absolute Gasteiger partial charge is 0.0622 e. The van der Waals surface area contributed by atoms with Gasteiger partial charge in [-0.1, -0.05) is 86.6 Å². The second kappa shape index (κ2) is 5.85. The molecule has 0 atom stereocenters. The summed E-state index contributed by atoms with van der Waals surface area (Å²) in [5.41, 5.74) is 11.4. The Morgan fingerprint density at radius 2 is 1.31 bits per heavy atom. The van der Waals surface area contributed by atoms with E-state index in [0.29, 0.717) is 0 Å². The first kappa shape index (κ1) is 15.4. The lowest BCUT2D eigenvalue weighted by atomic mass is 9.85. The van der Waals surface area contributed by atoms with Gasteiger partial charge in [-0.25, -0.2) is 0 Å². The predicted octanol–water partition coefficient (Wildman–Crippen LogP) is 7.28. The molecule has 0 amide bonds. The van der Waals surface area contributed by atoms with E-state index in [1.807, 2.05) is 0 Å². The summed E-state index contributed by atoms with van der Waals surface area (Å²) in [7, 11) is 0. The van der Waals surface area contributed by atoms with Gasteiger partial charge in [-0.3, -0.25) is 0 Å². The second-order valence-corrected chi connectivity index (χ2v) is 7.09. The van der Waals surface area contributed by atoms with Gasteiger partial charge < -0.3 is 0 Å². The Labute approximate surface area is 155 Å². The van der Waals surface area contributed by atoms with Crippen molar-refractivity contribution in [2.45, 2.75) is 26.7 Å². The monoisotopic (exact) mass is 334 g/mol. The smallest absolute Gasteiger partial charge is 0.00262 e. The highest BCUT2D eigenvalue weighted by atomic mass is 14.3. The van der Waals surface area contributed by atoms with Crippen molar-refractivity contribution in [1.82, 2.24) is 0 Å². The molecular formula is C26H22. The molecule has 4 aromatic rings. The SMILES string of the molecule is CCc1cc(-c2ccccc2)c(CC)c2c1-c1cccc3cccc-2c13. The van der Waals surface area contributed by atoms with Gasteiger partial charge in [-0.05, 0) is 68.1 Å². The number of aryl methyl sites for hydroxylation is 1. The number of hydrogen-bond acceptors (Lipinski definition) is 0. The molecule has 0 radical (unpaired) electrons. The molecule has 0 fully saturated rings. The van der Waals surface area contributed by atoms with E-state index in [4.69, 9.17) is 0 Å². The fourth-order valence-corrected chi connectivity index (χ4v) is 4.66. The Bertz CT molecular complexity index is 1130. The number of benzene rings is 4. The molecule has 0 saturated heterocycles. The van der Waals surface area contributed by atoms with Gasteiger partial charge in [0.15, 0.2) is 0 Å². The van der Waals surface area contributed by atoms with Gasteiger partial charge in [0, 0.05) is 0 Å². The average molecular weight is 334 g/mol. The van der Waals surface area contributed by atoms with Crippen LogP contribution in [0, 0.1) is 0 Å². The normalized spacial score (nSPS) is 11.8. The molecule has 1 aliphatic carbocycles. The van der Waals surface area contributed by atoms with E-state index >= 15 is 0 Å². The van der Waals surface area contributed by atoms with Crippen LogP contribution in [-0.2, 0) is 12.8 Å². The standard InChI is InChI=1S/C26H22/c1-3-17-16-23(18-10-6-5-7-11-18)20(4-2)26-22-15-9-13-19-12-8-14-21(24(19)22)25(17)26/h5-16H,3-4H2,1-2H3. The summed E-state index contributed by atoms with van der Waals surface area (Å²) in [5, 5.41) is 2.78. The maximum Gasteiger partial charge on any atom is -0.00262 e. The van der Waals surface area contributed by atoms with E-state index in [-0.39, 0.29) is 0 Å². The Morgan fingerprint density at radius 1 is 0.615 bits per heavy atom. The summed E-state index contributed by atoms with van der Waals surface area (Å²) in [6.07, 6.45) is 2.09. The van der Waals surface area contributed by atoms with Crippen LogP contribution in [0.2, 0.25) is 0 Å². The highest BCUT2D eigenvalue weighted by Crippen LogP contribution is 2.52. The van der Waals surface area contributed by atoms with E-state index in [9.17, 15) is 0 Å². The third-order valence-electron chi connectivity index (χ3n) is 5.78. The highest BCUT2D eigenvalue weighted by molar-refractivity contribution is 6.17. The summed E-state index contributed by atoms with van der Waals surface area (Å²) >= 11 is 0. The van der Waals surface area contributed by atoms with Crippen LogP contribution in [0.1, 0.15) is 25.0 Å². The maximum atomic E-state index is 2.44. The first-order valence-corrected chi connectivity index (χ1v) is 9.60. The van der Waals surface area contributed by atoms with E-state index in [1.165, 1.54) is 55.3 Å². The third kappa shape index (κ3) is 2.02. The van der Waals surface area contributed by atoms with Gasteiger partial charge in [0.2, 0.25) is 0 Å². The molecule has 0 spiro atoms. The van der Waals surface area contributed by atoms with Crippen molar-refractivity contribution in [3.05, 3.63) is 83.9 Å². The van der Waals surface area contributed by atoms with Crippen molar-refractivity contribution in [2.75, 3.05) is 0 Å². The van der Waals surface area contributed by atoms with Crippen LogP contribution < -0.4 is 0 Å². The Balaban J connectivity index is 1.94. The average Bonchev–Trinajstić information content (AvgIpc) is 3.04. The van der Waals surface area contributed by atoms with E-state index < -0.39 is 0 Å². The molecule has 0 heterocycles. The van der Waals surface area contributed by atoms with Gasteiger partial charge in [-0.15, -0.1) is 0 Å². The van der Waals surface area contributed by atoms with Gasteiger partial charge in [-0.2, -0.15) is 0 Å². The topological polar surface area (TPSA) is 0 Å². The summed E-state index contributed by atoms with van der Waals surface area (Å²) in [4.78, 5) is 0. The fraction of sp³-hybridized carbons (Fsp3) is 0.154. The van der Waals surface area contributed by atoms with E-state index in [1.54, 1.807) is 0 Å². The zero-order valence-electron chi connectivity index (χ0n) is 15.3. The van der Waals surface area contributed by atoms with Crippen molar-refractivity contribution in [2.24, 2.45) is 0 Å². The lowest BCUT2D eigenvalue weighted by Gasteiger charge is -2.18. The summed E-state index contributed by atoms with van der Waals surface area (Å²) in [5.74, 6) is 0. The predicted molar refractivity (Wildman–Crippen MR) is 113 cm³/mol. The molecule has 0 saturated carbocycles. The maximum absolute atomic E-state index is 2.44. The van der Waals surface area contributed by atoms with E-state index in [2.05, 4.69) is 86.6 Å². The molecule has 1 aliphatic rings. The van der Waals surface area contributed by atoms with Gasteiger partial charge in [0.05, 0.1) is 0 Å². The Morgan fingerprint density at radius 3 is 1.96 bits per heavy atom. The minimum Gasteiger partial charge on any atom is -0.0622 e. The summed E-state index contributed by atoms with van der Waals surface area (Å²) in [6, 6.07) is 26.8. The lowest BCUT2D eigenvalue weighted by molar-refractivity contribution is 1.11. The molecule has 0 aliphatic heterocycles. The van der Waals surface area contributed by atoms with Crippen LogP contribution in [0.4, 0.5) is 0 Å². The molecule has 5 rings (SSSR count). The molecule has 126 valence electrons. The minimum absolute atomic E-state index is 1.04. The molecule has 0 heteroatoms.